The molecule has 19 heavy (non-hydrogen) atoms. The molecule has 2 aromatic carbocycles. The number of aromatic hydroxyl groups is 2. The molecule has 2 rings (SSSR count). The zero-order valence-electron chi connectivity index (χ0n) is 9.65. The molecule has 0 radical (unpaired) electrons. The minimum absolute atomic E-state index is 0.00295. The van der Waals surface area contributed by atoms with Crippen LogP contribution < -0.4 is 0 Å². The van der Waals surface area contributed by atoms with Crippen LogP contribution in [0.25, 0.3) is 0 Å². The fourth-order valence-corrected chi connectivity index (χ4v) is 3.10. The maximum atomic E-state index is 12.3. The molecule has 0 saturated carbocycles. The summed E-state index contributed by atoms with van der Waals surface area (Å²) in [6.07, 6.45) is 0.199. The first-order valence-electron chi connectivity index (χ1n) is 5.28. The van der Waals surface area contributed by atoms with Crippen LogP contribution in [0.4, 0.5) is 0 Å². The Bertz CT molecular complexity index is 720. The number of phenols is 2. The topological polar surface area (TPSA) is 91.7 Å². The molecule has 0 heterocycles. The van der Waals surface area contributed by atoms with Gasteiger partial charge in [0.15, 0.2) is 17.8 Å². The van der Waals surface area contributed by atoms with E-state index in [1.807, 2.05) is 0 Å². The van der Waals surface area contributed by atoms with Crippen molar-refractivity contribution in [2.24, 2.45) is 0 Å². The van der Waals surface area contributed by atoms with Gasteiger partial charge in [-0.05, 0) is 24.3 Å². The minimum atomic E-state index is -3.92. The van der Waals surface area contributed by atoms with Crippen molar-refractivity contribution < 1.29 is 23.4 Å². The van der Waals surface area contributed by atoms with Crippen LogP contribution in [0.2, 0.25) is 0 Å². The number of rotatable bonds is 3. The summed E-state index contributed by atoms with van der Waals surface area (Å²) in [4.78, 5) is 10.6. The van der Waals surface area contributed by atoms with Crippen molar-refractivity contribution in [2.45, 2.75) is 9.79 Å². The molecule has 0 aliphatic rings. The van der Waals surface area contributed by atoms with Crippen molar-refractivity contribution in [1.82, 2.24) is 0 Å². The maximum Gasteiger partial charge on any atom is 0.207 e. The number of aldehydes is 1. The zero-order chi connectivity index (χ0) is 14.0. The van der Waals surface area contributed by atoms with E-state index in [1.165, 1.54) is 12.1 Å². The van der Waals surface area contributed by atoms with Crippen molar-refractivity contribution in [3.8, 4) is 11.5 Å². The van der Waals surface area contributed by atoms with E-state index >= 15 is 0 Å². The Morgan fingerprint density at radius 2 is 1.58 bits per heavy atom. The Balaban J connectivity index is 2.73. The molecule has 0 fully saturated rings. The van der Waals surface area contributed by atoms with Gasteiger partial charge >= 0.3 is 0 Å². The predicted molar refractivity (Wildman–Crippen MR) is 67.1 cm³/mol. The summed E-state index contributed by atoms with van der Waals surface area (Å²) < 4.78 is 24.7. The number of carbonyl (C=O) groups is 1. The van der Waals surface area contributed by atoms with Crippen LogP contribution in [-0.4, -0.2) is 24.9 Å². The SMILES string of the molecule is O=Cc1c(S(=O)(=O)c2ccccc2)ccc(O)c1O. The summed E-state index contributed by atoms with van der Waals surface area (Å²) in [5.74, 6) is -1.29. The number of hydrogen-bond acceptors (Lipinski definition) is 5. The lowest BCUT2D eigenvalue weighted by Gasteiger charge is -2.09. The lowest BCUT2D eigenvalue weighted by molar-refractivity contribution is 0.111. The van der Waals surface area contributed by atoms with Crippen LogP contribution in [0, 0.1) is 0 Å². The van der Waals surface area contributed by atoms with Crippen LogP contribution in [-0.2, 0) is 9.84 Å². The number of carbonyl (C=O) groups excluding carboxylic acids is 1. The molecule has 0 unspecified atom stereocenters. The van der Waals surface area contributed by atoms with Crippen molar-refractivity contribution in [2.75, 3.05) is 0 Å². The second kappa shape index (κ2) is 4.74. The summed E-state index contributed by atoms with van der Waals surface area (Å²) >= 11 is 0. The molecular formula is C13H10O5S. The first-order chi connectivity index (χ1) is 8.98. The highest BCUT2D eigenvalue weighted by atomic mass is 32.2. The third kappa shape index (κ3) is 2.17. The van der Waals surface area contributed by atoms with Crippen LogP contribution in [0.5, 0.6) is 11.5 Å². The van der Waals surface area contributed by atoms with Gasteiger partial charge in [-0.3, -0.25) is 4.79 Å². The lowest BCUT2D eigenvalue weighted by atomic mass is 10.2. The summed E-state index contributed by atoms with van der Waals surface area (Å²) in [5.41, 5.74) is -0.455. The third-order valence-corrected chi connectivity index (χ3v) is 4.44. The summed E-state index contributed by atoms with van der Waals surface area (Å²) in [5, 5.41) is 18.8. The van der Waals surface area contributed by atoms with E-state index in [1.54, 1.807) is 18.2 Å². The molecule has 0 aliphatic heterocycles. The Labute approximate surface area is 109 Å². The van der Waals surface area contributed by atoms with Gasteiger partial charge < -0.3 is 10.2 Å². The monoisotopic (exact) mass is 278 g/mol. The van der Waals surface area contributed by atoms with E-state index in [2.05, 4.69) is 0 Å². The second-order valence-corrected chi connectivity index (χ2v) is 5.70. The molecular weight excluding hydrogens is 268 g/mol. The van der Waals surface area contributed by atoms with Gasteiger partial charge in [0, 0.05) is 0 Å². The minimum Gasteiger partial charge on any atom is -0.504 e. The molecule has 5 nitrogen and oxygen atoms in total. The molecule has 0 spiro atoms. The standard InChI is InChI=1S/C13H10O5S/c14-8-10-12(7-6-11(15)13(10)16)19(17,18)9-4-2-1-3-5-9/h1-8,15-16H. The molecule has 98 valence electrons. The number of phenolic OH excluding ortho intramolecular Hbond substituents is 2. The highest BCUT2D eigenvalue weighted by Crippen LogP contribution is 2.34. The molecule has 0 bridgehead atoms. The van der Waals surface area contributed by atoms with E-state index < -0.39 is 26.9 Å². The van der Waals surface area contributed by atoms with Crippen LogP contribution in [0.3, 0.4) is 0 Å². The normalized spacial score (nSPS) is 11.2. The Morgan fingerprint density at radius 3 is 2.16 bits per heavy atom. The van der Waals surface area contributed by atoms with Crippen molar-refractivity contribution in [3.05, 3.63) is 48.0 Å². The quantitative estimate of drug-likeness (QED) is 0.659. The van der Waals surface area contributed by atoms with Crippen molar-refractivity contribution in [3.63, 3.8) is 0 Å². The van der Waals surface area contributed by atoms with Crippen LogP contribution in [0.15, 0.2) is 52.3 Å². The van der Waals surface area contributed by atoms with Crippen LogP contribution >= 0.6 is 0 Å². The van der Waals surface area contributed by atoms with Gasteiger partial charge in [0.05, 0.1) is 15.4 Å². The van der Waals surface area contributed by atoms with Crippen LogP contribution in [0.1, 0.15) is 10.4 Å². The van der Waals surface area contributed by atoms with Gasteiger partial charge in [-0.1, -0.05) is 18.2 Å². The molecule has 0 aromatic heterocycles. The van der Waals surface area contributed by atoms with Gasteiger partial charge in [-0.2, -0.15) is 0 Å². The molecule has 2 N–H and O–H groups in total. The van der Waals surface area contributed by atoms with E-state index in [0.717, 1.165) is 12.1 Å². The van der Waals surface area contributed by atoms with E-state index in [9.17, 15) is 23.4 Å². The Kier molecular flexibility index (Phi) is 3.26. The predicted octanol–water partition coefficient (Wildman–Crippen LogP) is 1.74. The summed E-state index contributed by atoms with van der Waals surface area (Å²) in [7, 11) is -3.92. The lowest BCUT2D eigenvalue weighted by Crippen LogP contribution is -2.05. The average molecular weight is 278 g/mol. The van der Waals surface area contributed by atoms with Crippen molar-refractivity contribution in [1.29, 1.82) is 0 Å². The summed E-state index contributed by atoms with van der Waals surface area (Å²) in [6.45, 7) is 0. The number of sulfone groups is 1. The van der Waals surface area contributed by atoms with Gasteiger partial charge in [0.25, 0.3) is 0 Å². The second-order valence-electron chi connectivity index (χ2n) is 3.78. The molecule has 2 aromatic rings. The van der Waals surface area contributed by atoms with E-state index in [0.29, 0.717) is 0 Å². The summed E-state index contributed by atoms with van der Waals surface area (Å²) in [6, 6.07) is 9.64. The first kappa shape index (κ1) is 13.1. The molecule has 0 atom stereocenters. The fraction of sp³-hybridized carbons (Fsp3) is 0. The number of benzene rings is 2. The maximum absolute atomic E-state index is 12.3. The first-order valence-corrected chi connectivity index (χ1v) is 6.77. The average Bonchev–Trinajstić information content (AvgIpc) is 2.42. The largest absolute Gasteiger partial charge is 0.504 e. The van der Waals surface area contributed by atoms with E-state index in [4.69, 9.17) is 0 Å². The Hall–Kier alpha value is -2.34. The van der Waals surface area contributed by atoms with Gasteiger partial charge in [0.2, 0.25) is 9.84 Å². The Morgan fingerprint density at radius 1 is 0.947 bits per heavy atom. The number of hydrogen-bond donors (Lipinski definition) is 2. The molecule has 6 heteroatoms. The zero-order valence-corrected chi connectivity index (χ0v) is 10.5. The van der Waals surface area contributed by atoms with Crippen molar-refractivity contribution >= 4 is 16.1 Å². The van der Waals surface area contributed by atoms with Gasteiger partial charge in [-0.25, -0.2) is 8.42 Å². The third-order valence-electron chi connectivity index (χ3n) is 2.62. The molecule has 0 amide bonds. The van der Waals surface area contributed by atoms with E-state index in [-0.39, 0.29) is 16.1 Å². The highest BCUT2D eigenvalue weighted by molar-refractivity contribution is 7.91. The molecule has 0 saturated heterocycles. The highest BCUT2D eigenvalue weighted by Gasteiger charge is 2.24. The fourth-order valence-electron chi connectivity index (χ4n) is 1.65. The van der Waals surface area contributed by atoms with Gasteiger partial charge in [-0.15, -0.1) is 0 Å². The smallest absolute Gasteiger partial charge is 0.207 e. The van der Waals surface area contributed by atoms with Gasteiger partial charge in [0.1, 0.15) is 0 Å². The molecule has 0 aliphatic carbocycles.